The van der Waals surface area contributed by atoms with Crippen LogP contribution in [0.4, 0.5) is 0 Å². The highest BCUT2D eigenvalue weighted by Crippen LogP contribution is 2.20. The van der Waals surface area contributed by atoms with Crippen molar-refractivity contribution in [3.8, 4) is 0 Å². The standard InChI is InChI=1S/C21H22N4O3S/c1-14-7-9-16(10-8-14)19(27)22-21(29)24-23-20(28)17-11-18(26)25(13-17)12-15-5-3-2-4-6-15/h2-10,17H,11-13H2,1H3,(H,23,28)(H2,22,24,27,29). The molecule has 0 saturated carbocycles. The molecule has 1 atom stereocenters. The van der Waals surface area contributed by atoms with Crippen molar-refractivity contribution in [1.29, 1.82) is 0 Å². The van der Waals surface area contributed by atoms with Gasteiger partial charge in [-0.15, -0.1) is 0 Å². The van der Waals surface area contributed by atoms with Gasteiger partial charge in [-0.2, -0.15) is 0 Å². The maximum absolute atomic E-state index is 12.4. The minimum absolute atomic E-state index is 0.0191. The number of nitrogens with zero attached hydrogens (tertiary/aromatic N) is 1. The SMILES string of the molecule is Cc1ccc(C(=O)NC(=S)NNC(=O)C2CC(=O)N(Cc3ccccc3)C2)cc1. The van der Waals surface area contributed by atoms with E-state index in [4.69, 9.17) is 12.2 Å². The van der Waals surface area contributed by atoms with Crippen molar-refractivity contribution in [2.24, 2.45) is 5.92 Å². The van der Waals surface area contributed by atoms with Crippen molar-refractivity contribution in [2.75, 3.05) is 6.54 Å². The van der Waals surface area contributed by atoms with E-state index in [2.05, 4.69) is 16.2 Å². The van der Waals surface area contributed by atoms with Crippen LogP contribution in [0.5, 0.6) is 0 Å². The highest BCUT2D eigenvalue weighted by Gasteiger charge is 2.34. The summed E-state index contributed by atoms with van der Waals surface area (Å²) in [5.41, 5.74) is 7.51. The Balaban J connectivity index is 1.45. The summed E-state index contributed by atoms with van der Waals surface area (Å²) in [5, 5.41) is 2.48. The normalized spacial score (nSPS) is 15.7. The van der Waals surface area contributed by atoms with Gasteiger partial charge in [-0.25, -0.2) is 0 Å². The topological polar surface area (TPSA) is 90.5 Å². The summed E-state index contributed by atoms with van der Waals surface area (Å²) in [4.78, 5) is 38.4. The molecule has 1 heterocycles. The average molecular weight is 410 g/mol. The minimum atomic E-state index is -0.477. The van der Waals surface area contributed by atoms with Crippen molar-refractivity contribution >= 4 is 35.1 Å². The second kappa shape index (κ2) is 9.29. The number of hydrogen-bond donors (Lipinski definition) is 3. The Kier molecular flexibility index (Phi) is 6.56. The predicted octanol–water partition coefficient (Wildman–Crippen LogP) is 1.68. The van der Waals surface area contributed by atoms with Gasteiger partial charge in [0.15, 0.2) is 5.11 Å². The van der Waals surface area contributed by atoms with E-state index >= 15 is 0 Å². The maximum atomic E-state index is 12.4. The first-order chi connectivity index (χ1) is 13.9. The first kappa shape index (κ1) is 20.5. The number of likely N-dealkylation sites (tertiary alicyclic amines) is 1. The summed E-state index contributed by atoms with van der Waals surface area (Å²) in [7, 11) is 0. The molecule has 150 valence electrons. The zero-order chi connectivity index (χ0) is 20.8. The fourth-order valence-corrected chi connectivity index (χ4v) is 3.18. The molecule has 3 N–H and O–H groups in total. The number of hydrazine groups is 1. The van der Waals surface area contributed by atoms with E-state index < -0.39 is 5.92 Å². The van der Waals surface area contributed by atoms with Crippen LogP contribution in [0.1, 0.15) is 27.9 Å². The lowest BCUT2D eigenvalue weighted by atomic mass is 10.1. The van der Waals surface area contributed by atoms with Gasteiger partial charge in [0.2, 0.25) is 11.8 Å². The predicted molar refractivity (Wildman–Crippen MR) is 112 cm³/mol. The van der Waals surface area contributed by atoms with Crippen LogP contribution in [0.2, 0.25) is 0 Å². The third-order valence-corrected chi connectivity index (χ3v) is 4.85. The molecule has 8 heteroatoms. The molecule has 0 aliphatic carbocycles. The molecule has 0 bridgehead atoms. The molecule has 1 aliphatic rings. The lowest BCUT2D eigenvalue weighted by molar-refractivity contribution is -0.129. The molecule has 2 aromatic rings. The Bertz CT molecular complexity index is 915. The van der Waals surface area contributed by atoms with Crippen molar-refractivity contribution in [3.63, 3.8) is 0 Å². The molecule has 0 aromatic heterocycles. The Morgan fingerprint density at radius 1 is 1.07 bits per heavy atom. The summed E-state index contributed by atoms with van der Waals surface area (Å²) in [6.45, 7) is 2.74. The van der Waals surface area contributed by atoms with E-state index in [1.807, 2.05) is 49.4 Å². The van der Waals surface area contributed by atoms with Gasteiger partial charge < -0.3 is 4.90 Å². The summed E-state index contributed by atoms with van der Waals surface area (Å²) < 4.78 is 0. The molecule has 3 amide bonds. The number of rotatable bonds is 4. The lowest BCUT2D eigenvalue weighted by Crippen LogP contribution is -2.50. The Labute approximate surface area is 174 Å². The maximum Gasteiger partial charge on any atom is 0.257 e. The van der Waals surface area contributed by atoms with Gasteiger partial charge in [0, 0.05) is 25.1 Å². The Hall–Kier alpha value is -3.26. The molecule has 1 aliphatic heterocycles. The highest BCUT2D eigenvalue weighted by atomic mass is 32.1. The molecule has 0 spiro atoms. The van der Waals surface area contributed by atoms with Crippen molar-refractivity contribution in [3.05, 3.63) is 71.3 Å². The third kappa shape index (κ3) is 5.61. The molecule has 7 nitrogen and oxygen atoms in total. The fraction of sp³-hybridized carbons (Fsp3) is 0.238. The van der Waals surface area contributed by atoms with E-state index in [9.17, 15) is 14.4 Å². The molecular weight excluding hydrogens is 388 g/mol. The van der Waals surface area contributed by atoms with Gasteiger partial charge in [0.25, 0.3) is 5.91 Å². The van der Waals surface area contributed by atoms with E-state index in [1.54, 1.807) is 17.0 Å². The van der Waals surface area contributed by atoms with Gasteiger partial charge in [0.1, 0.15) is 0 Å². The summed E-state index contributed by atoms with van der Waals surface area (Å²) in [6.07, 6.45) is 0.142. The average Bonchev–Trinajstić information content (AvgIpc) is 3.08. The van der Waals surface area contributed by atoms with Crippen LogP contribution in [0.25, 0.3) is 0 Å². The first-order valence-electron chi connectivity index (χ1n) is 9.22. The van der Waals surface area contributed by atoms with Crippen molar-refractivity contribution < 1.29 is 14.4 Å². The van der Waals surface area contributed by atoms with Gasteiger partial charge in [-0.3, -0.25) is 30.6 Å². The number of benzene rings is 2. The Morgan fingerprint density at radius 3 is 2.45 bits per heavy atom. The number of hydrogen-bond acceptors (Lipinski definition) is 4. The van der Waals surface area contributed by atoms with Crippen LogP contribution in [-0.4, -0.2) is 34.3 Å². The van der Waals surface area contributed by atoms with Gasteiger partial charge in [-0.05, 0) is 36.8 Å². The molecule has 1 saturated heterocycles. The van der Waals surface area contributed by atoms with Gasteiger partial charge >= 0.3 is 0 Å². The second-order valence-electron chi connectivity index (χ2n) is 6.92. The van der Waals surface area contributed by atoms with Crippen LogP contribution in [0.15, 0.2) is 54.6 Å². The van der Waals surface area contributed by atoms with Crippen LogP contribution in [-0.2, 0) is 16.1 Å². The van der Waals surface area contributed by atoms with Crippen LogP contribution in [0, 0.1) is 12.8 Å². The monoisotopic (exact) mass is 410 g/mol. The number of carbonyl (C=O) groups excluding carboxylic acids is 3. The Morgan fingerprint density at radius 2 is 1.76 bits per heavy atom. The number of carbonyl (C=O) groups is 3. The molecule has 0 radical (unpaired) electrons. The molecule has 3 rings (SSSR count). The van der Waals surface area contributed by atoms with E-state index in [0.717, 1.165) is 11.1 Å². The molecule has 29 heavy (non-hydrogen) atoms. The summed E-state index contributed by atoms with van der Waals surface area (Å²) in [5.74, 6) is -1.26. The number of amides is 3. The van der Waals surface area contributed by atoms with Crippen LogP contribution >= 0.6 is 12.2 Å². The lowest BCUT2D eigenvalue weighted by Gasteiger charge is -2.17. The van der Waals surface area contributed by atoms with Crippen LogP contribution in [0.3, 0.4) is 0 Å². The van der Waals surface area contributed by atoms with E-state index in [-0.39, 0.29) is 29.3 Å². The van der Waals surface area contributed by atoms with Crippen molar-refractivity contribution in [2.45, 2.75) is 19.9 Å². The molecule has 1 unspecified atom stereocenters. The number of aryl methyl sites for hydroxylation is 1. The highest BCUT2D eigenvalue weighted by molar-refractivity contribution is 7.80. The third-order valence-electron chi connectivity index (χ3n) is 4.64. The smallest absolute Gasteiger partial charge is 0.257 e. The van der Waals surface area contributed by atoms with Gasteiger partial charge in [-0.1, -0.05) is 48.0 Å². The first-order valence-corrected chi connectivity index (χ1v) is 9.63. The fourth-order valence-electron chi connectivity index (χ4n) is 3.04. The van der Waals surface area contributed by atoms with E-state index in [0.29, 0.717) is 18.7 Å². The largest absolute Gasteiger partial charge is 0.338 e. The minimum Gasteiger partial charge on any atom is -0.338 e. The zero-order valence-corrected chi connectivity index (χ0v) is 16.8. The number of thiocarbonyl (C=S) groups is 1. The summed E-state index contributed by atoms with van der Waals surface area (Å²) in [6, 6.07) is 16.7. The summed E-state index contributed by atoms with van der Waals surface area (Å²) >= 11 is 5.05. The molecular formula is C21H22N4O3S. The van der Waals surface area contributed by atoms with Gasteiger partial charge in [0.05, 0.1) is 5.92 Å². The number of nitrogens with one attached hydrogen (secondary N) is 3. The quantitative estimate of drug-likeness (QED) is 0.527. The van der Waals surface area contributed by atoms with E-state index in [1.165, 1.54) is 0 Å². The molecule has 1 fully saturated rings. The van der Waals surface area contributed by atoms with Crippen molar-refractivity contribution in [1.82, 2.24) is 21.1 Å². The van der Waals surface area contributed by atoms with Crippen LogP contribution < -0.4 is 16.2 Å². The molecule has 2 aromatic carbocycles. The zero-order valence-electron chi connectivity index (χ0n) is 16.0. The second-order valence-corrected chi connectivity index (χ2v) is 7.33.